The van der Waals surface area contributed by atoms with E-state index in [1.165, 1.54) is 0 Å². The van der Waals surface area contributed by atoms with Gasteiger partial charge < -0.3 is 9.73 Å². The van der Waals surface area contributed by atoms with Gasteiger partial charge in [-0.15, -0.1) is 0 Å². The largest absolute Gasteiger partial charge is 0.467 e. The third kappa shape index (κ3) is 2.18. The molecule has 0 aliphatic rings. The summed E-state index contributed by atoms with van der Waals surface area (Å²) in [6.07, 6.45) is 3.49. The van der Waals surface area contributed by atoms with Crippen LogP contribution < -0.4 is 5.32 Å². The molecule has 0 bridgehead atoms. The number of hydrogen-bond acceptors (Lipinski definition) is 3. The lowest BCUT2D eigenvalue weighted by molar-refractivity contribution is 0.515. The van der Waals surface area contributed by atoms with Crippen LogP contribution in [0.1, 0.15) is 16.9 Å². The van der Waals surface area contributed by atoms with Crippen LogP contribution in [0.25, 0.3) is 0 Å². The number of aryl methyl sites for hydroxylation is 2. The second-order valence-corrected chi connectivity index (χ2v) is 3.55. The van der Waals surface area contributed by atoms with E-state index in [1.807, 2.05) is 32.0 Å². The topological polar surface area (TPSA) is 38.1 Å². The Kier molecular flexibility index (Phi) is 2.72. The van der Waals surface area contributed by atoms with Gasteiger partial charge in [-0.3, -0.25) is 0 Å². The first kappa shape index (κ1) is 9.77. The van der Waals surface area contributed by atoms with E-state index in [-0.39, 0.29) is 0 Å². The first-order valence-corrected chi connectivity index (χ1v) is 4.96. The Morgan fingerprint density at radius 1 is 1.27 bits per heavy atom. The van der Waals surface area contributed by atoms with Gasteiger partial charge in [0.2, 0.25) is 0 Å². The zero-order valence-corrected chi connectivity index (χ0v) is 8.95. The first-order chi connectivity index (χ1) is 7.27. The summed E-state index contributed by atoms with van der Waals surface area (Å²) < 4.78 is 5.34. The van der Waals surface area contributed by atoms with Crippen molar-refractivity contribution < 1.29 is 4.42 Å². The standard InChI is InChI=1S/C12H14N2O/c1-9-5-7-15-11(9)8-14-12-10(2)4-3-6-13-12/h3-7H,8H2,1-2H3,(H,13,14). The van der Waals surface area contributed by atoms with Gasteiger partial charge in [0, 0.05) is 6.20 Å². The highest BCUT2D eigenvalue weighted by Gasteiger charge is 2.02. The minimum atomic E-state index is 0.677. The molecule has 0 unspecified atom stereocenters. The molecule has 2 heterocycles. The molecule has 78 valence electrons. The fourth-order valence-corrected chi connectivity index (χ4v) is 1.42. The lowest BCUT2D eigenvalue weighted by atomic mass is 10.2. The van der Waals surface area contributed by atoms with Crippen LogP contribution >= 0.6 is 0 Å². The maximum atomic E-state index is 5.34. The average Bonchev–Trinajstić information content (AvgIpc) is 2.63. The molecule has 0 aliphatic heterocycles. The van der Waals surface area contributed by atoms with Gasteiger partial charge in [-0.05, 0) is 37.1 Å². The molecule has 0 aromatic carbocycles. The predicted octanol–water partition coefficient (Wildman–Crippen LogP) is 2.90. The van der Waals surface area contributed by atoms with E-state index in [1.54, 1.807) is 12.5 Å². The fraction of sp³-hybridized carbons (Fsp3) is 0.250. The normalized spacial score (nSPS) is 10.3. The minimum absolute atomic E-state index is 0.677. The van der Waals surface area contributed by atoms with E-state index in [9.17, 15) is 0 Å². The summed E-state index contributed by atoms with van der Waals surface area (Å²) in [5.41, 5.74) is 2.30. The van der Waals surface area contributed by atoms with E-state index >= 15 is 0 Å². The van der Waals surface area contributed by atoms with Crippen LogP contribution in [0.5, 0.6) is 0 Å². The second-order valence-electron chi connectivity index (χ2n) is 3.55. The molecule has 0 atom stereocenters. The zero-order valence-electron chi connectivity index (χ0n) is 8.95. The van der Waals surface area contributed by atoms with Gasteiger partial charge >= 0.3 is 0 Å². The Labute approximate surface area is 89.1 Å². The molecule has 2 rings (SSSR count). The lowest BCUT2D eigenvalue weighted by Crippen LogP contribution is -2.02. The fourth-order valence-electron chi connectivity index (χ4n) is 1.42. The quantitative estimate of drug-likeness (QED) is 0.831. The summed E-state index contributed by atoms with van der Waals surface area (Å²) >= 11 is 0. The molecule has 0 saturated carbocycles. The molecule has 0 radical (unpaired) electrons. The van der Waals surface area contributed by atoms with Crippen LogP contribution in [0.3, 0.4) is 0 Å². The van der Waals surface area contributed by atoms with Gasteiger partial charge in [-0.25, -0.2) is 4.98 Å². The Bertz CT molecular complexity index is 448. The maximum Gasteiger partial charge on any atom is 0.129 e. The van der Waals surface area contributed by atoms with Gasteiger partial charge in [-0.2, -0.15) is 0 Å². The molecular weight excluding hydrogens is 188 g/mol. The number of rotatable bonds is 3. The minimum Gasteiger partial charge on any atom is -0.467 e. The van der Waals surface area contributed by atoms with Gasteiger partial charge in [-0.1, -0.05) is 6.07 Å². The number of hydrogen-bond donors (Lipinski definition) is 1. The van der Waals surface area contributed by atoms with Crippen LogP contribution in [-0.4, -0.2) is 4.98 Å². The highest BCUT2D eigenvalue weighted by Crippen LogP contribution is 2.13. The predicted molar refractivity (Wildman–Crippen MR) is 59.7 cm³/mol. The molecule has 3 heteroatoms. The summed E-state index contributed by atoms with van der Waals surface area (Å²) in [6, 6.07) is 5.92. The highest BCUT2D eigenvalue weighted by molar-refractivity contribution is 5.42. The molecule has 0 fully saturated rings. The molecule has 3 nitrogen and oxygen atoms in total. The van der Waals surface area contributed by atoms with Crippen molar-refractivity contribution in [2.75, 3.05) is 5.32 Å². The third-order valence-corrected chi connectivity index (χ3v) is 2.39. The number of pyridine rings is 1. The van der Waals surface area contributed by atoms with Crippen molar-refractivity contribution in [3.8, 4) is 0 Å². The highest BCUT2D eigenvalue weighted by atomic mass is 16.3. The summed E-state index contributed by atoms with van der Waals surface area (Å²) in [4.78, 5) is 4.25. The Hall–Kier alpha value is -1.77. The van der Waals surface area contributed by atoms with E-state index in [2.05, 4.69) is 10.3 Å². The first-order valence-electron chi connectivity index (χ1n) is 4.96. The van der Waals surface area contributed by atoms with E-state index in [4.69, 9.17) is 4.42 Å². The van der Waals surface area contributed by atoms with Crippen molar-refractivity contribution in [2.45, 2.75) is 20.4 Å². The molecule has 1 N–H and O–H groups in total. The average molecular weight is 202 g/mol. The van der Waals surface area contributed by atoms with Gasteiger partial charge in [0.15, 0.2) is 0 Å². The molecule has 0 aliphatic carbocycles. The van der Waals surface area contributed by atoms with E-state index in [0.29, 0.717) is 6.54 Å². The van der Waals surface area contributed by atoms with Crippen molar-refractivity contribution in [3.63, 3.8) is 0 Å². The summed E-state index contributed by atoms with van der Waals surface area (Å²) in [6.45, 7) is 4.74. The SMILES string of the molecule is Cc1cccnc1NCc1occc1C. The maximum absolute atomic E-state index is 5.34. The molecule has 0 saturated heterocycles. The smallest absolute Gasteiger partial charge is 0.129 e. The van der Waals surface area contributed by atoms with Crippen molar-refractivity contribution in [1.82, 2.24) is 4.98 Å². The number of anilines is 1. The van der Waals surface area contributed by atoms with Crippen LogP contribution in [-0.2, 0) is 6.54 Å². The Morgan fingerprint density at radius 2 is 2.13 bits per heavy atom. The molecular formula is C12H14N2O. The third-order valence-electron chi connectivity index (χ3n) is 2.39. The summed E-state index contributed by atoms with van der Waals surface area (Å²) in [7, 11) is 0. The monoisotopic (exact) mass is 202 g/mol. The van der Waals surface area contributed by atoms with Crippen LogP contribution in [0.2, 0.25) is 0 Å². The summed E-state index contributed by atoms with van der Waals surface area (Å²) in [5, 5.41) is 3.25. The number of aromatic nitrogens is 1. The van der Waals surface area contributed by atoms with Crippen LogP contribution in [0.15, 0.2) is 35.1 Å². The molecule has 2 aromatic heterocycles. The van der Waals surface area contributed by atoms with Crippen molar-refractivity contribution in [1.29, 1.82) is 0 Å². The van der Waals surface area contributed by atoms with E-state index < -0.39 is 0 Å². The Morgan fingerprint density at radius 3 is 2.80 bits per heavy atom. The molecule has 0 spiro atoms. The summed E-state index contributed by atoms with van der Waals surface area (Å²) in [5.74, 6) is 1.87. The van der Waals surface area contributed by atoms with Gasteiger partial charge in [0.25, 0.3) is 0 Å². The molecule has 2 aromatic rings. The van der Waals surface area contributed by atoms with Crippen LogP contribution in [0, 0.1) is 13.8 Å². The van der Waals surface area contributed by atoms with Crippen LogP contribution in [0.4, 0.5) is 5.82 Å². The van der Waals surface area contributed by atoms with Crippen molar-refractivity contribution in [2.24, 2.45) is 0 Å². The lowest BCUT2D eigenvalue weighted by Gasteiger charge is -2.06. The number of furan rings is 1. The van der Waals surface area contributed by atoms with E-state index in [0.717, 1.165) is 22.7 Å². The second kappa shape index (κ2) is 4.17. The zero-order chi connectivity index (χ0) is 10.7. The van der Waals surface area contributed by atoms with Gasteiger partial charge in [0.05, 0.1) is 12.8 Å². The van der Waals surface area contributed by atoms with Gasteiger partial charge in [0.1, 0.15) is 11.6 Å². The molecule has 0 amide bonds. The molecule has 15 heavy (non-hydrogen) atoms. The number of nitrogens with one attached hydrogen (secondary N) is 1. The van der Waals surface area contributed by atoms with Crippen molar-refractivity contribution >= 4 is 5.82 Å². The van der Waals surface area contributed by atoms with Crippen molar-refractivity contribution in [3.05, 3.63) is 47.5 Å². The number of nitrogens with zero attached hydrogens (tertiary/aromatic N) is 1. The Balaban J connectivity index is 2.06.